The number of nitriles is 1. The van der Waals surface area contributed by atoms with Crippen LogP contribution in [0.3, 0.4) is 0 Å². The summed E-state index contributed by atoms with van der Waals surface area (Å²) < 4.78 is 24.2. The topological polar surface area (TPSA) is 61.2 Å². The van der Waals surface area contributed by atoms with Crippen LogP contribution in [0.2, 0.25) is 0 Å². The Morgan fingerprint density at radius 1 is 1.31 bits per heavy atom. The Labute approximate surface area is 96.2 Å². The molecule has 0 N–H and O–H groups in total. The summed E-state index contributed by atoms with van der Waals surface area (Å²) in [5, 5.41) is 8.40. The highest BCUT2D eigenvalue weighted by molar-refractivity contribution is 7.89. The van der Waals surface area contributed by atoms with E-state index in [1.54, 1.807) is 6.07 Å². The third-order valence-corrected chi connectivity index (χ3v) is 3.82. The van der Waals surface area contributed by atoms with Crippen molar-refractivity contribution in [1.29, 1.82) is 5.26 Å². The first-order valence-electron chi connectivity index (χ1n) is 4.82. The van der Waals surface area contributed by atoms with Crippen molar-refractivity contribution < 1.29 is 8.42 Å². The van der Waals surface area contributed by atoms with Gasteiger partial charge in [0.1, 0.15) is 0 Å². The van der Waals surface area contributed by atoms with Gasteiger partial charge in [0.05, 0.1) is 6.07 Å². The van der Waals surface area contributed by atoms with E-state index >= 15 is 0 Å². The van der Waals surface area contributed by atoms with Crippen LogP contribution in [0, 0.1) is 18.3 Å². The molecule has 1 aromatic rings. The predicted octanol–water partition coefficient (Wildman–Crippen LogP) is 1.28. The number of aryl methyl sites for hydroxylation is 1. The minimum absolute atomic E-state index is 0.296. The minimum atomic E-state index is -3.45. The Hall–Kier alpha value is -1.38. The third kappa shape index (κ3) is 3.33. The Kier molecular flexibility index (Phi) is 4.05. The van der Waals surface area contributed by atoms with Crippen molar-refractivity contribution in [1.82, 2.24) is 4.31 Å². The first kappa shape index (κ1) is 12.7. The zero-order valence-corrected chi connectivity index (χ0v) is 10.2. The standard InChI is InChI=1S/C11H14N2O2S/c1-10-3-5-11(6-4-10)9-13(2)16(14,15)8-7-12/h3-6H,8-9H2,1-2H3. The van der Waals surface area contributed by atoms with Crippen LogP contribution in [0.5, 0.6) is 0 Å². The molecular weight excluding hydrogens is 224 g/mol. The van der Waals surface area contributed by atoms with Crippen molar-refractivity contribution in [3.8, 4) is 6.07 Å². The molecule has 0 heterocycles. The van der Waals surface area contributed by atoms with E-state index in [0.717, 1.165) is 11.1 Å². The fraction of sp³-hybridized carbons (Fsp3) is 0.364. The number of sulfonamides is 1. The summed E-state index contributed by atoms with van der Waals surface area (Å²) in [6.07, 6.45) is 0. The highest BCUT2D eigenvalue weighted by Gasteiger charge is 2.17. The van der Waals surface area contributed by atoms with Crippen LogP contribution in [-0.2, 0) is 16.6 Å². The van der Waals surface area contributed by atoms with Gasteiger partial charge < -0.3 is 0 Å². The maximum absolute atomic E-state index is 11.5. The van der Waals surface area contributed by atoms with Crippen LogP contribution in [0.1, 0.15) is 11.1 Å². The molecule has 5 heteroatoms. The fourth-order valence-electron chi connectivity index (χ4n) is 1.24. The molecule has 1 rings (SSSR count). The lowest BCUT2D eigenvalue weighted by atomic mass is 10.1. The number of nitrogens with zero attached hydrogens (tertiary/aromatic N) is 2. The van der Waals surface area contributed by atoms with Crippen LogP contribution in [-0.4, -0.2) is 25.5 Å². The van der Waals surface area contributed by atoms with E-state index in [4.69, 9.17) is 5.26 Å². The Morgan fingerprint density at radius 2 is 1.88 bits per heavy atom. The van der Waals surface area contributed by atoms with Gasteiger partial charge in [-0.25, -0.2) is 8.42 Å². The highest BCUT2D eigenvalue weighted by Crippen LogP contribution is 2.08. The van der Waals surface area contributed by atoms with Crippen molar-refractivity contribution in [2.75, 3.05) is 12.8 Å². The van der Waals surface area contributed by atoms with Gasteiger partial charge in [-0.2, -0.15) is 9.57 Å². The molecule has 0 aliphatic carbocycles. The van der Waals surface area contributed by atoms with Gasteiger partial charge in [-0.05, 0) is 12.5 Å². The van der Waals surface area contributed by atoms with E-state index in [1.165, 1.54) is 11.4 Å². The van der Waals surface area contributed by atoms with Crippen LogP contribution in [0.15, 0.2) is 24.3 Å². The number of benzene rings is 1. The van der Waals surface area contributed by atoms with Crippen LogP contribution in [0.25, 0.3) is 0 Å². The molecule has 1 aromatic carbocycles. The van der Waals surface area contributed by atoms with Gasteiger partial charge in [-0.15, -0.1) is 0 Å². The van der Waals surface area contributed by atoms with E-state index in [1.807, 2.05) is 31.2 Å². The van der Waals surface area contributed by atoms with Gasteiger partial charge in [0.2, 0.25) is 10.0 Å². The molecule has 0 aliphatic heterocycles. The molecular formula is C11H14N2O2S. The number of hydrogen-bond donors (Lipinski definition) is 0. The van der Waals surface area contributed by atoms with Crippen molar-refractivity contribution in [2.24, 2.45) is 0 Å². The Bertz CT molecular complexity index is 486. The second-order valence-corrected chi connectivity index (χ2v) is 5.73. The maximum Gasteiger partial charge on any atom is 0.227 e. The van der Waals surface area contributed by atoms with Gasteiger partial charge in [0.25, 0.3) is 0 Å². The molecule has 0 atom stereocenters. The molecule has 0 saturated heterocycles. The average Bonchev–Trinajstić information content (AvgIpc) is 2.21. The summed E-state index contributed by atoms with van der Waals surface area (Å²) in [5.41, 5.74) is 2.04. The van der Waals surface area contributed by atoms with Crippen molar-refractivity contribution >= 4 is 10.0 Å². The van der Waals surface area contributed by atoms with Crippen molar-refractivity contribution in [3.63, 3.8) is 0 Å². The van der Waals surface area contributed by atoms with Crippen molar-refractivity contribution in [2.45, 2.75) is 13.5 Å². The molecule has 0 radical (unpaired) electrons. The largest absolute Gasteiger partial charge is 0.227 e. The van der Waals surface area contributed by atoms with Gasteiger partial charge in [0, 0.05) is 13.6 Å². The predicted molar refractivity (Wildman–Crippen MR) is 62.0 cm³/mol. The lowest BCUT2D eigenvalue weighted by Gasteiger charge is -2.15. The van der Waals surface area contributed by atoms with E-state index < -0.39 is 15.8 Å². The van der Waals surface area contributed by atoms with Gasteiger partial charge >= 0.3 is 0 Å². The fourth-order valence-corrected chi connectivity index (χ4v) is 1.97. The summed E-state index contributed by atoms with van der Waals surface area (Å²) in [5.74, 6) is -0.477. The quantitative estimate of drug-likeness (QED) is 0.793. The monoisotopic (exact) mass is 238 g/mol. The zero-order valence-electron chi connectivity index (χ0n) is 9.34. The second-order valence-electron chi connectivity index (χ2n) is 3.66. The number of rotatable bonds is 4. The normalized spacial score (nSPS) is 11.4. The molecule has 0 spiro atoms. The molecule has 0 fully saturated rings. The zero-order chi connectivity index (χ0) is 12.2. The molecule has 0 aliphatic rings. The summed E-state index contributed by atoms with van der Waals surface area (Å²) in [4.78, 5) is 0. The van der Waals surface area contributed by atoms with E-state index in [-0.39, 0.29) is 0 Å². The average molecular weight is 238 g/mol. The smallest absolute Gasteiger partial charge is 0.211 e. The first-order chi connectivity index (χ1) is 7.45. The van der Waals surface area contributed by atoms with Gasteiger partial charge in [0.15, 0.2) is 5.75 Å². The summed E-state index contributed by atoms with van der Waals surface area (Å²) in [6.45, 7) is 2.27. The van der Waals surface area contributed by atoms with Crippen LogP contribution < -0.4 is 0 Å². The van der Waals surface area contributed by atoms with Gasteiger partial charge in [-0.1, -0.05) is 29.8 Å². The minimum Gasteiger partial charge on any atom is -0.211 e. The highest BCUT2D eigenvalue weighted by atomic mass is 32.2. The molecule has 86 valence electrons. The molecule has 0 amide bonds. The molecule has 16 heavy (non-hydrogen) atoms. The third-order valence-electron chi connectivity index (χ3n) is 2.25. The lowest BCUT2D eigenvalue weighted by Crippen LogP contribution is -2.28. The number of hydrogen-bond acceptors (Lipinski definition) is 3. The van der Waals surface area contributed by atoms with Crippen LogP contribution >= 0.6 is 0 Å². The van der Waals surface area contributed by atoms with Gasteiger partial charge in [-0.3, -0.25) is 0 Å². The summed E-state index contributed by atoms with van der Waals surface area (Å²) >= 11 is 0. The van der Waals surface area contributed by atoms with E-state index in [0.29, 0.717) is 6.54 Å². The molecule has 0 unspecified atom stereocenters. The maximum atomic E-state index is 11.5. The first-order valence-corrected chi connectivity index (χ1v) is 6.43. The molecule has 0 bridgehead atoms. The molecule has 4 nitrogen and oxygen atoms in total. The summed E-state index contributed by atoms with van der Waals surface area (Å²) in [6, 6.07) is 9.28. The Morgan fingerprint density at radius 3 is 2.38 bits per heavy atom. The lowest BCUT2D eigenvalue weighted by molar-refractivity contribution is 0.469. The molecule has 0 saturated carbocycles. The molecule has 0 aromatic heterocycles. The second kappa shape index (κ2) is 5.10. The summed E-state index contributed by atoms with van der Waals surface area (Å²) in [7, 11) is -1.97. The Balaban J connectivity index is 2.76. The van der Waals surface area contributed by atoms with E-state index in [2.05, 4.69) is 0 Å². The van der Waals surface area contributed by atoms with Crippen molar-refractivity contribution in [3.05, 3.63) is 35.4 Å². The van der Waals surface area contributed by atoms with E-state index in [9.17, 15) is 8.42 Å². The van der Waals surface area contributed by atoms with Crippen LogP contribution in [0.4, 0.5) is 0 Å². The SMILES string of the molecule is Cc1ccc(CN(C)S(=O)(=O)CC#N)cc1.